The van der Waals surface area contributed by atoms with Crippen LogP contribution in [-0.2, 0) is 20.7 Å². The number of hydrogen-bond donors (Lipinski definition) is 1. The van der Waals surface area contributed by atoms with E-state index in [1.807, 2.05) is 18.2 Å². The number of esters is 1. The molecule has 4 heteroatoms. The molecule has 0 aromatic heterocycles. The molecular weight excluding hydrogens is 292 g/mol. The molecular formula is C19H26O4. The van der Waals surface area contributed by atoms with Crippen LogP contribution in [0.1, 0.15) is 50.5 Å². The number of benzene rings is 1. The van der Waals surface area contributed by atoms with E-state index in [4.69, 9.17) is 4.74 Å². The van der Waals surface area contributed by atoms with Crippen molar-refractivity contribution in [2.45, 2.75) is 51.4 Å². The first-order valence-electron chi connectivity index (χ1n) is 8.62. The summed E-state index contributed by atoms with van der Waals surface area (Å²) < 4.78 is 5.31. The Balaban J connectivity index is 1.61. The summed E-state index contributed by atoms with van der Waals surface area (Å²) in [4.78, 5) is 23.3. The lowest BCUT2D eigenvalue weighted by Crippen LogP contribution is -2.33. The third-order valence-corrected chi connectivity index (χ3v) is 4.58. The van der Waals surface area contributed by atoms with Crippen molar-refractivity contribution in [1.82, 2.24) is 0 Å². The minimum Gasteiger partial charge on any atom is -0.481 e. The number of rotatable bonds is 8. The van der Waals surface area contributed by atoms with Crippen LogP contribution in [0.3, 0.4) is 0 Å². The summed E-state index contributed by atoms with van der Waals surface area (Å²) >= 11 is 0. The van der Waals surface area contributed by atoms with Gasteiger partial charge in [-0.1, -0.05) is 43.2 Å². The summed E-state index contributed by atoms with van der Waals surface area (Å²) in [5.41, 5.74) is 1.33. The number of carboxylic acid groups (broad SMARTS) is 1. The maximum Gasteiger partial charge on any atom is 0.309 e. The van der Waals surface area contributed by atoms with E-state index in [0.29, 0.717) is 19.4 Å². The predicted molar refractivity (Wildman–Crippen MR) is 88.0 cm³/mol. The maximum atomic E-state index is 12.1. The quantitative estimate of drug-likeness (QED) is 0.584. The Bertz CT molecular complexity index is 497. The molecule has 0 heterocycles. The van der Waals surface area contributed by atoms with Gasteiger partial charge in [-0.05, 0) is 44.1 Å². The molecule has 23 heavy (non-hydrogen) atoms. The highest BCUT2D eigenvalue weighted by Gasteiger charge is 2.36. The Morgan fingerprint density at radius 1 is 1.00 bits per heavy atom. The lowest BCUT2D eigenvalue weighted by atomic mass is 9.79. The SMILES string of the molecule is O=C(O)C1CCCCC1C(=O)OCCCCCc1ccccc1. The number of unbranched alkanes of at least 4 members (excludes halogenated alkanes) is 2. The van der Waals surface area contributed by atoms with Crippen molar-refractivity contribution in [3.8, 4) is 0 Å². The van der Waals surface area contributed by atoms with E-state index in [0.717, 1.165) is 38.5 Å². The average Bonchev–Trinajstić information content (AvgIpc) is 2.58. The third kappa shape index (κ3) is 5.70. The van der Waals surface area contributed by atoms with Gasteiger partial charge in [0.05, 0.1) is 18.4 Å². The second-order valence-electron chi connectivity index (χ2n) is 6.30. The van der Waals surface area contributed by atoms with Crippen LogP contribution in [0.5, 0.6) is 0 Å². The monoisotopic (exact) mass is 318 g/mol. The number of aliphatic carboxylic acids is 1. The highest BCUT2D eigenvalue weighted by atomic mass is 16.5. The lowest BCUT2D eigenvalue weighted by molar-refractivity contribution is -0.159. The minimum absolute atomic E-state index is 0.319. The first-order valence-corrected chi connectivity index (χ1v) is 8.62. The van der Waals surface area contributed by atoms with Crippen LogP contribution >= 0.6 is 0 Å². The number of carbonyl (C=O) groups excluding carboxylic acids is 1. The second kappa shape index (κ2) is 9.33. The summed E-state index contributed by atoms with van der Waals surface area (Å²) in [6.45, 7) is 0.399. The molecule has 2 atom stereocenters. The molecule has 1 aromatic carbocycles. The van der Waals surface area contributed by atoms with Gasteiger partial charge in [0, 0.05) is 0 Å². The van der Waals surface area contributed by atoms with Gasteiger partial charge in [-0.15, -0.1) is 0 Å². The Labute approximate surface area is 137 Å². The lowest BCUT2D eigenvalue weighted by Gasteiger charge is -2.26. The van der Waals surface area contributed by atoms with Gasteiger partial charge in [0.2, 0.25) is 0 Å². The summed E-state index contributed by atoms with van der Waals surface area (Å²) in [7, 11) is 0. The van der Waals surface area contributed by atoms with Crippen LogP contribution in [0, 0.1) is 11.8 Å². The molecule has 1 saturated carbocycles. The number of ether oxygens (including phenoxy) is 1. The first kappa shape index (κ1) is 17.5. The van der Waals surface area contributed by atoms with Crippen molar-refractivity contribution >= 4 is 11.9 Å². The largest absolute Gasteiger partial charge is 0.481 e. The standard InChI is InChI=1S/C19H26O4/c20-18(21)16-12-6-7-13-17(16)19(22)23-14-8-2-5-11-15-9-3-1-4-10-15/h1,3-4,9-10,16-17H,2,5-8,11-14H2,(H,20,21). The molecule has 0 aliphatic heterocycles. The van der Waals surface area contributed by atoms with Gasteiger partial charge in [-0.25, -0.2) is 0 Å². The normalized spacial score (nSPS) is 20.9. The summed E-state index contributed by atoms with van der Waals surface area (Å²) in [5, 5.41) is 9.20. The Morgan fingerprint density at radius 2 is 1.70 bits per heavy atom. The van der Waals surface area contributed by atoms with Crippen molar-refractivity contribution in [2.24, 2.45) is 11.8 Å². The summed E-state index contributed by atoms with van der Waals surface area (Å²) in [5.74, 6) is -2.20. The molecule has 0 radical (unpaired) electrons. The first-order chi connectivity index (χ1) is 11.2. The fraction of sp³-hybridized carbons (Fsp3) is 0.579. The van der Waals surface area contributed by atoms with Crippen LogP contribution in [0.2, 0.25) is 0 Å². The van der Waals surface area contributed by atoms with Crippen LogP contribution in [0.15, 0.2) is 30.3 Å². The Morgan fingerprint density at radius 3 is 2.39 bits per heavy atom. The average molecular weight is 318 g/mol. The molecule has 4 nitrogen and oxygen atoms in total. The predicted octanol–water partition coefficient (Wildman–Crippen LogP) is 3.83. The highest BCUT2D eigenvalue weighted by molar-refractivity contribution is 5.81. The molecule has 1 fully saturated rings. The fourth-order valence-corrected chi connectivity index (χ4v) is 3.24. The molecule has 126 valence electrons. The zero-order chi connectivity index (χ0) is 16.5. The van der Waals surface area contributed by atoms with Crippen LogP contribution in [0.4, 0.5) is 0 Å². The Hall–Kier alpha value is -1.84. The fourth-order valence-electron chi connectivity index (χ4n) is 3.24. The van der Waals surface area contributed by atoms with E-state index < -0.39 is 17.8 Å². The van der Waals surface area contributed by atoms with Crippen molar-refractivity contribution in [3.05, 3.63) is 35.9 Å². The van der Waals surface area contributed by atoms with Gasteiger partial charge >= 0.3 is 11.9 Å². The number of carbonyl (C=O) groups is 2. The molecule has 0 amide bonds. The second-order valence-corrected chi connectivity index (χ2v) is 6.30. The van der Waals surface area contributed by atoms with Crippen LogP contribution in [-0.4, -0.2) is 23.7 Å². The van der Waals surface area contributed by atoms with Gasteiger partial charge in [0.25, 0.3) is 0 Å². The summed E-state index contributed by atoms with van der Waals surface area (Å²) in [6.07, 6.45) is 7.00. The molecule has 1 aliphatic carbocycles. The van der Waals surface area contributed by atoms with E-state index in [2.05, 4.69) is 12.1 Å². The van der Waals surface area contributed by atoms with E-state index in [9.17, 15) is 14.7 Å². The van der Waals surface area contributed by atoms with Crippen molar-refractivity contribution in [2.75, 3.05) is 6.61 Å². The number of carboxylic acids is 1. The smallest absolute Gasteiger partial charge is 0.309 e. The maximum absolute atomic E-state index is 12.1. The third-order valence-electron chi connectivity index (χ3n) is 4.58. The molecule has 1 aliphatic rings. The van der Waals surface area contributed by atoms with E-state index >= 15 is 0 Å². The topological polar surface area (TPSA) is 63.6 Å². The summed E-state index contributed by atoms with van der Waals surface area (Å²) in [6, 6.07) is 10.3. The van der Waals surface area contributed by atoms with E-state index in [-0.39, 0.29) is 5.97 Å². The van der Waals surface area contributed by atoms with Gasteiger partial charge in [-0.2, -0.15) is 0 Å². The van der Waals surface area contributed by atoms with Gasteiger partial charge < -0.3 is 9.84 Å². The highest BCUT2D eigenvalue weighted by Crippen LogP contribution is 2.31. The van der Waals surface area contributed by atoms with Crippen molar-refractivity contribution in [1.29, 1.82) is 0 Å². The molecule has 2 unspecified atom stereocenters. The molecule has 2 rings (SSSR count). The number of aryl methyl sites for hydroxylation is 1. The molecule has 0 bridgehead atoms. The van der Waals surface area contributed by atoms with Crippen molar-refractivity contribution < 1.29 is 19.4 Å². The Kier molecular flexibility index (Phi) is 7.11. The molecule has 0 spiro atoms. The van der Waals surface area contributed by atoms with Crippen LogP contribution < -0.4 is 0 Å². The molecule has 1 aromatic rings. The zero-order valence-electron chi connectivity index (χ0n) is 13.6. The van der Waals surface area contributed by atoms with Gasteiger partial charge in [-0.3, -0.25) is 9.59 Å². The van der Waals surface area contributed by atoms with E-state index in [1.165, 1.54) is 5.56 Å². The van der Waals surface area contributed by atoms with Gasteiger partial charge in [0.15, 0.2) is 0 Å². The zero-order valence-corrected chi connectivity index (χ0v) is 13.6. The van der Waals surface area contributed by atoms with E-state index in [1.54, 1.807) is 0 Å². The molecule has 1 N–H and O–H groups in total. The van der Waals surface area contributed by atoms with Crippen molar-refractivity contribution in [3.63, 3.8) is 0 Å². The minimum atomic E-state index is -0.866. The van der Waals surface area contributed by atoms with Crippen LogP contribution in [0.25, 0.3) is 0 Å². The molecule has 0 saturated heterocycles. The number of hydrogen-bond acceptors (Lipinski definition) is 3. The van der Waals surface area contributed by atoms with Gasteiger partial charge in [0.1, 0.15) is 0 Å².